The molecule has 0 unspecified atom stereocenters. The summed E-state index contributed by atoms with van der Waals surface area (Å²) in [6, 6.07) is 2.04. The van der Waals surface area contributed by atoms with Gasteiger partial charge in [-0.1, -0.05) is 13.8 Å². The van der Waals surface area contributed by atoms with Gasteiger partial charge in [-0.2, -0.15) is 5.26 Å². The van der Waals surface area contributed by atoms with Crippen molar-refractivity contribution in [2.75, 3.05) is 0 Å². The first-order chi connectivity index (χ1) is 5.65. The molecule has 0 bridgehead atoms. The second-order valence-electron chi connectivity index (χ2n) is 3.01. The molecule has 1 heterocycles. The van der Waals surface area contributed by atoms with Crippen LogP contribution in [0.25, 0.3) is 0 Å². The van der Waals surface area contributed by atoms with Crippen molar-refractivity contribution in [2.24, 2.45) is 0 Å². The molecule has 0 saturated heterocycles. The number of rotatable bonds is 1. The van der Waals surface area contributed by atoms with Crippen LogP contribution in [0.1, 0.15) is 36.8 Å². The SMILES string of the molecule is Cc1cnc(C(C)C)c(C#N)n1. The first kappa shape index (κ1) is 8.66. The van der Waals surface area contributed by atoms with Crippen molar-refractivity contribution < 1.29 is 0 Å². The molecule has 0 amide bonds. The van der Waals surface area contributed by atoms with Crippen LogP contribution in [0.3, 0.4) is 0 Å². The van der Waals surface area contributed by atoms with E-state index in [4.69, 9.17) is 5.26 Å². The van der Waals surface area contributed by atoms with E-state index >= 15 is 0 Å². The molecule has 0 fully saturated rings. The highest BCUT2D eigenvalue weighted by molar-refractivity contribution is 5.28. The standard InChI is InChI=1S/C9H11N3/c1-6(2)9-8(4-10)12-7(3)5-11-9/h5-6H,1-3H3. The topological polar surface area (TPSA) is 49.6 Å². The van der Waals surface area contributed by atoms with Crippen LogP contribution in [0.4, 0.5) is 0 Å². The molecule has 0 aliphatic rings. The van der Waals surface area contributed by atoms with E-state index < -0.39 is 0 Å². The molecule has 0 saturated carbocycles. The smallest absolute Gasteiger partial charge is 0.162 e. The van der Waals surface area contributed by atoms with Crippen molar-refractivity contribution in [3.05, 3.63) is 23.3 Å². The maximum absolute atomic E-state index is 8.74. The average Bonchev–Trinajstić information content (AvgIpc) is 2.03. The predicted molar refractivity (Wildman–Crippen MR) is 45.6 cm³/mol. The second-order valence-corrected chi connectivity index (χ2v) is 3.01. The van der Waals surface area contributed by atoms with E-state index in [2.05, 4.69) is 9.97 Å². The van der Waals surface area contributed by atoms with Crippen LogP contribution in [-0.4, -0.2) is 9.97 Å². The van der Waals surface area contributed by atoms with Crippen molar-refractivity contribution in [1.29, 1.82) is 5.26 Å². The number of nitrogens with zero attached hydrogens (tertiary/aromatic N) is 3. The molecule has 1 aromatic heterocycles. The van der Waals surface area contributed by atoms with E-state index in [9.17, 15) is 0 Å². The van der Waals surface area contributed by atoms with Gasteiger partial charge in [0.1, 0.15) is 6.07 Å². The van der Waals surface area contributed by atoms with E-state index in [1.807, 2.05) is 26.8 Å². The van der Waals surface area contributed by atoms with Crippen molar-refractivity contribution in [1.82, 2.24) is 9.97 Å². The summed E-state index contributed by atoms with van der Waals surface area (Å²) in [4.78, 5) is 8.25. The molecule has 0 aromatic carbocycles. The minimum Gasteiger partial charge on any atom is -0.256 e. The predicted octanol–water partition coefficient (Wildman–Crippen LogP) is 1.78. The van der Waals surface area contributed by atoms with Crippen LogP contribution < -0.4 is 0 Å². The maximum atomic E-state index is 8.74. The Morgan fingerprint density at radius 3 is 2.67 bits per heavy atom. The molecular weight excluding hydrogens is 150 g/mol. The highest BCUT2D eigenvalue weighted by Gasteiger charge is 2.08. The minimum absolute atomic E-state index is 0.257. The molecule has 1 aromatic rings. The van der Waals surface area contributed by atoms with Crippen LogP contribution in [0.5, 0.6) is 0 Å². The zero-order valence-electron chi connectivity index (χ0n) is 7.50. The normalized spacial score (nSPS) is 9.92. The molecular formula is C9H11N3. The zero-order chi connectivity index (χ0) is 9.14. The first-order valence-electron chi connectivity index (χ1n) is 3.88. The van der Waals surface area contributed by atoms with Crippen LogP contribution in [0.2, 0.25) is 0 Å². The third-order valence-corrected chi connectivity index (χ3v) is 1.57. The third-order valence-electron chi connectivity index (χ3n) is 1.57. The van der Waals surface area contributed by atoms with Gasteiger partial charge in [0, 0.05) is 6.20 Å². The Kier molecular flexibility index (Phi) is 2.39. The Morgan fingerprint density at radius 1 is 1.50 bits per heavy atom. The van der Waals surface area contributed by atoms with Crippen LogP contribution in [-0.2, 0) is 0 Å². The van der Waals surface area contributed by atoms with Gasteiger partial charge < -0.3 is 0 Å². The zero-order valence-corrected chi connectivity index (χ0v) is 7.50. The van der Waals surface area contributed by atoms with Gasteiger partial charge in [0.25, 0.3) is 0 Å². The highest BCUT2D eigenvalue weighted by Crippen LogP contribution is 2.13. The largest absolute Gasteiger partial charge is 0.256 e. The fourth-order valence-corrected chi connectivity index (χ4v) is 0.991. The van der Waals surface area contributed by atoms with E-state index in [1.54, 1.807) is 6.20 Å². The first-order valence-corrected chi connectivity index (χ1v) is 3.88. The molecule has 0 aliphatic carbocycles. The molecule has 3 heteroatoms. The van der Waals surface area contributed by atoms with E-state index in [1.165, 1.54) is 0 Å². The van der Waals surface area contributed by atoms with E-state index in [-0.39, 0.29) is 5.92 Å². The third kappa shape index (κ3) is 1.59. The Bertz CT molecular complexity index is 323. The van der Waals surface area contributed by atoms with Gasteiger partial charge in [0.05, 0.1) is 11.4 Å². The van der Waals surface area contributed by atoms with Gasteiger partial charge in [-0.25, -0.2) is 4.98 Å². The lowest BCUT2D eigenvalue weighted by Crippen LogP contribution is -2.01. The molecule has 0 aliphatic heterocycles. The molecule has 12 heavy (non-hydrogen) atoms. The Balaban J connectivity index is 3.23. The van der Waals surface area contributed by atoms with Gasteiger partial charge in [-0.3, -0.25) is 4.98 Å². The molecule has 0 spiro atoms. The summed E-state index contributed by atoms with van der Waals surface area (Å²) in [5, 5.41) is 8.74. The Morgan fingerprint density at radius 2 is 2.17 bits per heavy atom. The quantitative estimate of drug-likeness (QED) is 0.630. The summed E-state index contributed by atoms with van der Waals surface area (Å²) in [5.74, 6) is 0.257. The molecule has 1 rings (SSSR count). The van der Waals surface area contributed by atoms with Crippen molar-refractivity contribution in [2.45, 2.75) is 26.7 Å². The van der Waals surface area contributed by atoms with Gasteiger partial charge in [-0.15, -0.1) is 0 Å². The molecule has 62 valence electrons. The second kappa shape index (κ2) is 3.31. The fourth-order valence-electron chi connectivity index (χ4n) is 0.991. The van der Waals surface area contributed by atoms with Crippen molar-refractivity contribution >= 4 is 0 Å². The monoisotopic (exact) mass is 161 g/mol. The maximum Gasteiger partial charge on any atom is 0.162 e. The van der Waals surface area contributed by atoms with Crippen LogP contribution in [0, 0.1) is 18.3 Å². The Hall–Kier alpha value is -1.43. The fraction of sp³-hybridized carbons (Fsp3) is 0.444. The van der Waals surface area contributed by atoms with Gasteiger partial charge in [0.2, 0.25) is 0 Å². The van der Waals surface area contributed by atoms with Crippen LogP contribution in [0.15, 0.2) is 6.20 Å². The summed E-state index contributed by atoms with van der Waals surface area (Å²) >= 11 is 0. The summed E-state index contributed by atoms with van der Waals surface area (Å²) in [6.07, 6.45) is 1.69. The lowest BCUT2D eigenvalue weighted by molar-refractivity contribution is 0.800. The number of hydrogen-bond donors (Lipinski definition) is 0. The Labute approximate surface area is 72.1 Å². The highest BCUT2D eigenvalue weighted by atomic mass is 14.8. The number of nitriles is 1. The molecule has 0 radical (unpaired) electrons. The van der Waals surface area contributed by atoms with Crippen LogP contribution >= 0.6 is 0 Å². The summed E-state index contributed by atoms with van der Waals surface area (Å²) in [5.41, 5.74) is 2.02. The molecule has 0 atom stereocenters. The van der Waals surface area contributed by atoms with E-state index in [0.29, 0.717) is 5.69 Å². The average molecular weight is 161 g/mol. The molecule has 0 N–H and O–H groups in total. The van der Waals surface area contributed by atoms with E-state index in [0.717, 1.165) is 11.4 Å². The number of aryl methyl sites for hydroxylation is 1. The summed E-state index contributed by atoms with van der Waals surface area (Å²) in [6.45, 7) is 5.83. The summed E-state index contributed by atoms with van der Waals surface area (Å²) < 4.78 is 0. The number of aromatic nitrogens is 2. The van der Waals surface area contributed by atoms with Gasteiger partial charge in [-0.05, 0) is 12.8 Å². The lowest BCUT2D eigenvalue weighted by Gasteiger charge is -2.05. The van der Waals surface area contributed by atoms with Gasteiger partial charge >= 0.3 is 0 Å². The lowest BCUT2D eigenvalue weighted by atomic mass is 10.1. The van der Waals surface area contributed by atoms with Crippen molar-refractivity contribution in [3.63, 3.8) is 0 Å². The van der Waals surface area contributed by atoms with Gasteiger partial charge in [0.15, 0.2) is 5.69 Å². The minimum atomic E-state index is 0.257. The molecule has 3 nitrogen and oxygen atoms in total. The number of hydrogen-bond acceptors (Lipinski definition) is 3. The summed E-state index contributed by atoms with van der Waals surface area (Å²) in [7, 11) is 0. The van der Waals surface area contributed by atoms with Crippen molar-refractivity contribution in [3.8, 4) is 6.07 Å².